The molecule has 2 aromatic carbocycles. The van der Waals surface area contributed by atoms with Gasteiger partial charge in [-0.05, 0) is 66.4 Å². The van der Waals surface area contributed by atoms with Crippen molar-refractivity contribution in [2.75, 3.05) is 13.1 Å². The Balaban J connectivity index is 1.17. The number of thiophene rings is 1. The molecule has 5 rings (SSSR count). The van der Waals surface area contributed by atoms with Gasteiger partial charge in [-0.1, -0.05) is 30.3 Å². The van der Waals surface area contributed by atoms with Crippen LogP contribution >= 0.6 is 11.3 Å². The molecule has 0 amide bonds. The molecule has 1 aliphatic rings. The summed E-state index contributed by atoms with van der Waals surface area (Å²) < 4.78 is 1.44. The number of aromatic nitrogens is 1. The van der Waals surface area contributed by atoms with Crippen LogP contribution in [0.5, 0.6) is 0 Å². The van der Waals surface area contributed by atoms with E-state index in [0.29, 0.717) is 0 Å². The monoisotopic (exact) mass is 390 g/mol. The van der Waals surface area contributed by atoms with Crippen molar-refractivity contribution in [1.29, 1.82) is 0 Å². The average Bonchev–Trinajstić information content (AvgIpc) is 3.31. The van der Waals surface area contributed by atoms with Gasteiger partial charge in [0, 0.05) is 39.8 Å². The van der Waals surface area contributed by atoms with Gasteiger partial charge in [-0.2, -0.15) is 0 Å². The van der Waals surface area contributed by atoms with Crippen LogP contribution in [-0.4, -0.2) is 28.1 Å². The van der Waals surface area contributed by atoms with Crippen molar-refractivity contribution in [2.45, 2.75) is 38.8 Å². The fourth-order valence-corrected chi connectivity index (χ4v) is 5.78. The zero-order valence-corrected chi connectivity index (χ0v) is 16.9. The highest BCUT2D eigenvalue weighted by atomic mass is 32.1. The van der Waals surface area contributed by atoms with Gasteiger partial charge in [0.2, 0.25) is 0 Å². The number of aromatic amines is 1. The summed E-state index contributed by atoms with van der Waals surface area (Å²) in [5.41, 5.74) is 5.09. The second kappa shape index (κ2) is 7.70. The lowest BCUT2D eigenvalue weighted by Gasteiger charge is -2.26. The van der Waals surface area contributed by atoms with E-state index in [1.807, 2.05) is 17.4 Å². The standard InChI is InChI=1S/C24H26N2OS/c27-16-17-8-9-19-18(14-25-22(19)13-17)5-3-4-11-26-12-10-21-20-6-1-2-7-23(20)28-24(21)15-26/h1-2,6-9,13-14,25,27H,3-5,10-12,15-16H2. The summed E-state index contributed by atoms with van der Waals surface area (Å²) in [5, 5.41) is 12.1. The number of nitrogens with one attached hydrogen (secondary N) is 1. The van der Waals surface area contributed by atoms with Gasteiger partial charge in [-0.15, -0.1) is 11.3 Å². The maximum Gasteiger partial charge on any atom is 0.0682 e. The van der Waals surface area contributed by atoms with E-state index >= 15 is 0 Å². The van der Waals surface area contributed by atoms with Gasteiger partial charge in [0.1, 0.15) is 0 Å². The van der Waals surface area contributed by atoms with Gasteiger partial charge in [0.15, 0.2) is 0 Å². The third kappa shape index (κ3) is 3.37. The van der Waals surface area contributed by atoms with Gasteiger partial charge in [0.25, 0.3) is 0 Å². The third-order valence-corrected chi connectivity index (χ3v) is 7.21. The minimum Gasteiger partial charge on any atom is -0.392 e. The van der Waals surface area contributed by atoms with Crippen LogP contribution in [0.4, 0.5) is 0 Å². The van der Waals surface area contributed by atoms with E-state index in [1.165, 1.54) is 53.4 Å². The van der Waals surface area contributed by atoms with Crippen molar-refractivity contribution in [3.05, 3.63) is 70.2 Å². The second-order valence-corrected chi connectivity index (χ2v) is 8.97. The number of hydrogen-bond donors (Lipinski definition) is 2. The van der Waals surface area contributed by atoms with Crippen LogP contribution in [-0.2, 0) is 26.0 Å². The van der Waals surface area contributed by atoms with E-state index in [1.54, 1.807) is 10.4 Å². The number of hydrogen-bond acceptors (Lipinski definition) is 3. The Hall–Kier alpha value is -2.14. The number of nitrogens with zero attached hydrogens (tertiary/aromatic N) is 1. The average molecular weight is 391 g/mol. The van der Waals surface area contributed by atoms with E-state index in [4.69, 9.17) is 0 Å². The highest BCUT2D eigenvalue weighted by Crippen LogP contribution is 2.35. The van der Waals surface area contributed by atoms with Crippen LogP contribution in [0.2, 0.25) is 0 Å². The van der Waals surface area contributed by atoms with Crippen molar-refractivity contribution in [3.63, 3.8) is 0 Å². The number of benzene rings is 2. The first-order valence-corrected chi connectivity index (χ1v) is 11.0. The molecule has 0 bridgehead atoms. The van der Waals surface area contributed by atoms with E-state index in [0.717, 1.165) is 24.0 Å². The molecule has 2 aromatic heterocycles. The molecule has 0 fully saturated rings. The van der Waals surface area contributed by atoms with Gasteiger partial charge < -0.3 is 10.1 Å². The fraction of sp³-hybridized carbons (Fsp3) is 0.333. The molecule has 4 heteroatoms. The minimum atomic E-state index is 0.0989. The van der Waals surface area contributed by atoms with Gasteiger partial charge in [-0.3, -0.25) is 4.90 Å². The first kappa shape index (κ1) is 17.9. The lowest BCUT2D eigenvalue weighted by Crippen LogP contribution is -2.30. The summed E-state index contributed by atoms with van der Waals surface area (Å²) >= 11 is 1.98. The molecule has 4 aromatic rings. The number of aliphatic hydroxyl groups is 1. The van der Waals surface area contributed by atoms with Crippen molar-refractivity contribution in [1.82, 2.24) is 9.88 Å². The van der Waals surface area contributed by atoms with E-state index in [2.05, 4.69) is 52.5 Å². The molecule has 0 spiro atoms. The van der Waals surface area contributed by atoms with Crippen molar-refractivity contribution in [3.8, 4) is 0 Å². The number of H-pyrrole nitrogens is 1. The second-order valence-electron chi connectivity index (χ2n) is 7.84. The van der Waals surface area contributed by atoms with E-state index in [-0.39, 0.29) is 6.61 Å². The normalized spacial score (nSPS) is 14.8. The number of aryl methyl sites for hydroxylation is 1. The molecule has 0 atom stereocenters. The zero-order valence-electron chi connectivity index (χ0n) is 16.1. The zero-order chi connectivity index (χ0) is 18.9. The highest BCUT2D eigenvalue weighted by molar-refractivity contribution is 7.19. The Bertz CT molecular complexity index is 1110. The summed E-state index contributed by atoms with van der Waals surface area (Å²) in [6.45, 7) is 3.59. The Labute approximate surface area is 169 Å². The molecule has 0 aliphatic carbocycles. The predicted molar refractivity (Wildman–Crippen MR) is 118 cm³/mol. The Morgan fingerprint density at radius 2 is 2.00 bits per heavy atom. The lowest BCUT2D eigenvalue weighted by molar-refractivity contribution is 0.253. The Kier molecular flexibility index (Phi) is 4.93. The largest absolute Gasteiger partial charge is 0.392 e. The molecule has 144 valence electrons. The summed E-state index contributed by atoms with van der Waals surface area (Å²) in [6, 6.07) is 15.1. The molecule has 0 unspecified atom stereocenters. The molecule has 0 radical (unpaired) electrons. The Morgan fingerprint density at radius 1 is 1.07 bits per heavy atom. The quantitative estimate of drug-likeness (QED) is 0.441. The van der Waals surface area contributed by atoms with E-state index < -0.39 is 0 Å². The van der Waals surface area contributed by atoms with Crippen molar-refractivity contribution >= 4 is 32.3 Å². The van der Waals surface area contributed by atoms with Crippen molar-refractivity contribution in [2.24, 2.45) is 0 Å². The van der Waals surface area contributed by atoms with Crippen LogP contribution in [0.15, 0.2) is 48.7 Å². The molecular formula is C24H26N2OS. The third-order valence-electron chi connectivity index (χ3n) is 6.01. The van der Waals surface area contributed by atoms with Gasteiger partial charge in [0.05, 0.1) is 6.61 Å². The molecule has 0 saturated carbocycles. The minimum absolute atomic E-state index is 0.0989. The number of fused-ring (bicyclic) bond motifs is 4. The smallest absolute Gasteiger partial charge is 0.0682 e. The lowest BCUT2D eigenvalue weighted by atomic mass is 10.0. The molecule has 0 saturated heterocycles. The predicted octanol–water partition coefficient (Wildman–Crippen LogP) is 5.26. The molecule has 3 heterocycles. The van der Waals surface area contributed by atoms with Crippen molar-refractivity contribution < 1.29 is 5.11 Å². The van der Waals surface area contributed by atoms with Crippen LogP contribution in [0.25, 0.3) is 21.0 Å². The van der Waals surface area contributed by atoms with E-state index in [9.17, 15) is 5.11 Å². The van der Waals surface area contributed by atoms with Gasteiger partial charge >= 0.3 is 0 Å². The summed E-state index contributed by atoms with van der Waals surface area (Å²) in [7, 11) is 0. The van der Waals surface area contributed by atoms with Crippen LogP contribution < -0.4 is 0 Å². The van der Waals surface area contributed by atoms with Crippen LogP contribution in [0, 0.1) is 0 Å². The Morgan fingerprint density at radius 3 is 2.93 bits per heavy atom. The first-order valence-electron chi connectivity index (χ1n) is 10.2. The molecule has 28 heavy (non-hydrogen) atoms. The molecular weight excluding hydrogens is 364 g/mol. The summed E-state index contributed by atoms with van der Waals surface area (Å²) in [4.78, 5) is 7.56. The molecule has 2 N–H and O–H groups in total. The van der Waals surface area contributed by atoms with Crippen LogP contribution in [0.1, 0.15) is 34.4 Å². The summed E-state index contributed by atoms with van der Waals surface area (Å²) in [5.74, 6) is 0. The highest BCUT2D eigenvalue weighted by Gasteiger charge is 2.20. The maximum absolute atomic E-state index is 9.29. The molecule has 3 nitrogen and oxygen atoms in total. The van der Waals surface area contributed by atoms with Crippen LogP contribution in [0.3, 0.4) is 0 Å². The topological polar surface area (TPSA) is 39.3 Å². The number of unbranched alkanes of at least 4 members (excludes halogenated alkanes) is 1. The maximum atomic E-state index is 9.29. The first-order chi connectivity index (χ1) is 13.8. The van der Waals surface area contributed by atoms with Gasteiger partial charge in [-0.25, -0.2) is 0 Å². The number of aliphatic hydroxyl groups excluding tert-OH is 1. The fourth-order valence-electron chi connectivity index (χ4n) is 4.48. The number of rotatable bonds is 6. The SMILES string of the molecule is OCc1ccc2c(CCCCN3CCc4c(sc5ccccc45)C3)c[nH]c2c1. The molecule has 1 aliphatic heterocycles. The summed E-state index contributed by atoms with van der Waals surface area (Å²) in [6.07, 6.45) is 6.89.